The average Bonchev–Trinajstić information content (AvgIpc) is 2.43. The summed E-state index contributed by atoms with van der Waals surface area (Å²) in [7, 11) is 2.67. The van der Waals surface area contributed by atoms with E-state index in [1.54, 1.807) is 0 Å². The molecule has 100 valence electrons. The van der Waals surface area contributed by atoms with Gasteiger partial charge >= 0.3 is 5.69 Å². The van der Waals surface area contributed by atoms with Crippen molar-refractivity contribution in [3.05, 3.63) is 21.7 Å². The molecule has 8 heteroatoms. The highest BCUT2D eigenvalue weighted by atomic mass is 16.6. The van der Waals surface area contributed by atoms with Crippen LogP contribution in [0.4, 0.5) is 11.4 Å². The SMILES string of the molecule is COc1cc2c(c([N+](=O)[O-])c1OC)C(C=O)NC=N2. The molecule has 0 saturated heterocycles. The Bertz CT molecular complexity index is 570. The van der Waals surface area contributed by atoms with E-state index in [1.165, 1.54) is 26.6 Å². The summed E-state index contributed by atoms with van der Waals surface area (Å²) in [5.74, 6) is 0.161. The van der Waals surface area contributed by atoms with Gasteiger partial charge in [-0.2, -0.15) is 0 Å². The second kappa shape index (κ2) is 4.92. The molecule has 0 saturated carbocycles. The lowest BCUT2D eigenvalue weighted by atomic mass is 10.0. The first-order valence-corrected chi connectivity index (χ1v) is 5.31. The first-order valence-electron chi connectivity index (χ1n) is 5.31. The summed E-state index contributed by atoms with van der Waals surface area (Å²) in [6.07, 6.45) is 1.89. The molecule has 0 radical (unpaired) electrons. The van der Waals surface area contributed by atoms with Crippen molar-refractivity contribution in [2.45, 2.75) is 6.04 Å². The highest BCUT2D eigenvalue weighted by Gasteiger charge is 2.34. The minimum atomic E-state index is -0.840. The Morgan fingerprint density at radius 2 is 2.21 bits per heavy atom. The fourth-order valence-electron chi connectivity index (χ4n) is 1.95. The van der Waals surface area contributed by atoms with Crippen LogP contribution in [0.1, 0.15) is 11.6 Å². The van der Waals surface area contributed by atoms with Crippen molar-refractivity contribution in [1.29, 1.82) is 0 Å². The van der Waals surface area contributed by atoms with Crippen molar-refractivity contribution in [2.24, 2.45) is 4.99 Å². The molecule has 0 amide bonds. The molecule has 1 unspecified atom stereocenters. The van der Waals surface area contributed by atoms with Crippen LogP contribution in [0.2, 0.25) is 0 Å². The molecule has 1 aliphatic heterocycles. The number of carbonyl (C=O) groups is 1. The lowest BCUT2D eigenvalue weighted by Crippen LogP contribution is -2.25. The van der Waals surface area contributed by atoms with Gasteiger partial charge in [-0.05, 0) is 0 Å². The third-order valence-electron chi connectivity index (χ3n) is 2.75. The summed E-state index contributed by atoms with van der Waals surface area (Å²) in [6.45, 7) is 0. The van der Waals surface area contributed by atoms with Gasteiger partial charge in [0.1, 0.15) is 12.3 Å². The largest absolute Gasteiger partial charge is 0.493 e. The van der Waals surface area contributed by atoms with Crippen LogP contribution in [-0.4, -0.2) is 31.8 Å². The smallest absolute Gasteiger partial charge is 0.322 e. The lowest BCUT2D eigenvalue weighted by molar-refractivity contribution is -0.386. The van der Waals surface area contributed by atoms with Gasteiger partial charge in [-0.3, -0.25) is 10.1 Å². The number of nitro benzene ring substituents is 1. The monoisotopic (exact) mass is 265 g/mol. The summed E-state index contributed by atoms with van der Waals surface area (Å²) in [5.41, 5.74) is 0.152. The fourth-order valence-corrected chi connectivity index (χ4v) is 1.95. The molecule has 1 N–H and O–H groups in total. The molecule has 19 heavy (non-hydrogen) atoms. The van der Waals surface area contributed by atoms with Crippen LogP contribution in [0, 0.1) is 10.1 Å². The molecule has 1 aliphatic rings. The number of rotatable bonds is 4. The van der Waals surface area contributed by atoms with Crippen LogP contribution in [0.25, 0.3) is 0 Å². The van der Waals surface area contributed by atoms with Crippen LogP contribution in [0.15, 0.2) is 11.1 Å². The molecule has 1 aromatic carbocycles. The van der Waals surface area contributed by atoms with Crippen LogP contribution in [0.5, 0.6) is 11.5 Å². The zero-order chi connectivity index (χ0) is 14.0. The number of methoxy groups -OCH3 is 2. The molecule has 0 bridgehead atoms. The number of fused-ring (bicyclic) bond motifs is 1. The van der Waals surface area contributed by atoms with Gasteiger partial charge in [0.2, 0.25) is 5.75 Å². The van der Waals surface area contributed by atoms with Gasteiger partial charge in [-0.15, -0.1) is 0 Å². The molecule has 8 nitrogen and oxygen atoms in total. The molecule has 0 fully saturated rings. The Hall–Kier alpha value is -2.64. The Balaban J connectivity index is 2.81. The quantitative estimate of drug-likeness (QED) is 0.497. The van der Waals surface area contributed by atoms with E-state index in [4.69, 9.17) is 9.47 Å². The van der Waals surface area contributed by atoms with E-state index in [-0.39, 0.29) is 22.7 Å². The highest BCUT2D eigenvalue weighted by Crippen LogP contribution is 2.47. The van der Waals surface area contributed by atoms with Crippen molar-refractivity contribution >= 4 is 24.0 Å². The summed E-state index contributed by atoms with van der Waals surface area (Å²) in [6, 6.07) is 0.655. The predicted octanol–water partition coefficient (Wildman–Crippen LogP) is 1.11. The Kier molecular flexibility index (Phi) is 3.32. The van der Waals surface area contributed by atoms with E-state index in [0.29, 0.717) is 12.0 Å². The summed E-state index contributed by atoms with van der Waals surface area (Å²) in [5, 5.41) is 13.9. The maximum atomic E-state index is 11.3. The number of hydrogen-bond acceptors (Lipinski definition) is 7. The van der Waals surface area contributed by atoms with Gasteiger partial charge in [-0.25, -0.2) is 4.99 Å². The number of carbonyl (C=O) groups excluding carboxylic acids is 1. The standard InChI is InChI=1S/C11H11N3O5/c1-18-8-3-6-9(7(4-15)13-5-12-6)10(14(16)17)11(8)19-2/h3-5,7H,1-2H3,(H,12,13). The second-order valence-corrected chi connectivity index (χ2v) is 3.69. The van der Waals surface area contributed by atoms with E-state index >= 15 is 0 Å². The number of benzene rings is 1. The number of nitrogens with zero attached hydrogens (tertiary/aromatic N) is 2. The van der Waals surface area contributed by atoms with Crippen molar-refractivity contribution in [3.8, 4) is 11.5 Å². The minimum Gasteiger partial charge on any atom is -0.493 e. The summed E-state index contributed by atoms with van der Waals surface area (Å²) >= 11 is 0. The van der Waals surface area contributed by atoms with E-state index in [1.807, 2.05) is 0 Å². The molecule has 0 aromatic heterocycles. The average molecular weight is 265 g/mol. The van der Waals surface area contributed by atoms with Gasteiger partial charge in [0.25, 0.3) is 0 Å². The molecule has 1 aromatic rings. The van der Waals surface area contributed by atoms with Gasteiger partial charge in [-0.1, -0.05) is 0 Å². The number of aldehydes is 1. The van der Waals surface area contributed by atoms with Crippen LogP contribution in [-0.2, 0) is 4.79 Å². The number of nitro groups is 1. The minimum absolute atomic E-state index is 0.0306. The Labute approximate surface area is 108 Å². The number of hydrogen-bond donors (Lipinski definition) is 1. The highest BCUT2D eigenvalue weighted by molar-refractivity contribution is 5.84. The first kappa shape index (κ1) is 12.8. The lowest BCUT2D eigenvalue weighted by Gasteiger charge is -2.20. The topological polar surface area (TPSA) is 103 Å². The zero-order valence-corrected chi connectivity index (χ0v) is 10.2. The number of ether oxygens (including phenoxy) is 2. The predicted molar refractivity (Wildman–Crippen MR) is 66.3 cm³/mol. The summed E-state index contributed by atoms with van der Waals surface area (Å²) in [4.78, 5) is 25.7. The van der Waals surface area contributed by atoms with E-state index in [9.17, 15) is 14.9 Å². The molecule has 2 rings (SSSR count). The van der Waals surface area contributed by atoms with Gasteiger partial charge in [0, 0.05) is 6.07 Å². The summed E-state index contributed by atoms with van der Waals surface area (Å²) < 4.78 is 10.1. The third kappa shape index (κ3) is 1.96. The second-order valence-electron chi connectivity index (χ2n) is 3.69. The van der Waals surface area contributed by atoms with E-state index in [0.717, 1.165) is 0 Å². The third-order valence-corrected chi connectivity index (χ3v) is 2.75. The molecule has 1 heterocycles. The molecule has 1 atom stereocenters. The van der Waals surface area contributed by atoms with E-state index in [2.05, 4.69) is 10.3 Å². The van der Waals surface area contributed by atoms with Gasteiger partial charge < -0.3 is 19.6 Å². The van der Waals surface area contributed by atoms with Gasteiger partial charge in [0.05, 0.1) is 36.7 Å². The van der Waals surface area contributed by atoms with E-state index < -0.39 is 11.0 Å². The van der Waals surface area contributed by atoms with Crippen LogP contribution < -0.4 is 14.8 Å². The fraction of sp³-hybridized carbons (Fsp3) is 0.273. The van der Waals surface area contributed by atoms with Crippen LogP contribution in [0.3, 0.4) is 0 Å². The Morgan fingerprint density at radius 3 is 2.74 bits per heavy atom. The molecule has 0 aliphatic carbocycles. The molecule has 0 spiro atoms. The van der Waals surface area contributed by atoms with Crippen molar-refractivity contribution in [1.82, 2.24) is 5.32 Å². The van der Waals surface area contributed by atoms with Crippen molar-refractivity contribution < 1.29 is 19.2 Å². The van der Waals surface area contributed by atoms with Gasteiger partial charge in [0.15, 0.2) is 5.75 Å². The van der Waals surface area contributed by atoms with Crippen LogP contribution >= 0.6 is 0 Å². The van der Waals surface area contributed by atoms with Crippen molar-refractivity contribution in [3.63, 3.8) is 0 Å². The maximum Gasteiger partial charge on any atom is 0.322 e. The normalized spacial score (nSPS) is 16.2. The molecular formula is C11H11N3O5. The zero-order valence-electron chi connectivity index (χ0n) is 10.2. The van der Waals surface area contributed by atoms with Crippen molar-refractivity contribution in [2.75, 3.05) is 14.2 Å². The number of aliphatic imine (C=N–C) groups is 1. The molecular weight excluding hydrogens is 254 g/mol. The number of nitrogens with one attached hydrogen (secondary N) is 1. The first-order chi connectivity index (χ1) is 9.13. The Morgan fingerprint density at radius 1 is 1.47 bits per heavy atom. The maximum absolute atomic E-state index is 11.3.